The van der Waals surface area contributed by atoms with Crippen LogP contribution in [0.1, 0.15) is 36.3 Å². The molecule has 0 aliphatic rings. The molecule has 0 aliphatic carbocycles. The van der Waals surface area contributed by atoms with Crippen LogP contribution in [0, 0.1) is 0 Å². The molecule has 0 bridgehead atoms. The summed E-state index contributed by atoms with van der Waals surface area (Å²) in [5.74, 6) is 0. The maximum absolute atomic E-state index is 10.3. The number of pyridine rings is 1. The minimum absolute atomic E-state index is 0.433. The molecule has 4 nitrogen and oxygen atoms in total. The Balaban J connectivity index is 2.03. The predicted molar refractivity (Wildman–Crippen MR) is 70.1 cm³/mol. The number of aromatic nitrogens is 3. The lowest BCUT2D eigenvalue weighted by atomic mass is 9.99. The fourth-order valence-electron chi connectivity index (χ4n) is 2.15. The standard InChI is InChI=1S/C14H19N3O/c1-3-11-10-15-8-7-13(11)14(18)5-4-12-6-9-16-17(12)2/h6-10,14,18H,3-5H2,1-2H3. The van der Waals surface area contributed by atoms with Gasteiger partial charge in [0.15, 0.2) is 0 Å². The molecule has 2 rings (SSSR count). The van der Waals surface area contributed by atoms with E-state index in [1.807, 2.05) is 30.1 Å². The number of hydrogen-bond donors (Lipinski definition) is 1. The van der Waals surface area contributed by atoms with Crippen LogP contribution in [0.15, 0.2) is 30.7 Å². The van der Waals surface area contributed by atoms with Crippen molar-refractivity contribution in [3.63, 3.8) is 0 Å². The molecule has 1 unspecified atom stereocenters. The summed E-state index contributed by atoms with van der Waals surface area (Å²) in [4.78, 5) is 4.10. The van der Waals surface area contributed by atoms with Crippen molar-refractivity contribution >= 4 is 0 Å². The monoisotopic (exact) mass is 245 g/mol. The fraction of sp³-hybridized carbons (Fsp3) is 0.429. The number of aliphatic hydroxyl groups excluding tert-OH is 1. The summed E-state index contributed by atoms with van der Waals surface area (Å²) in [7, 11) is 1.92. The second-order valence-electron chi connectivity index (χ2n) is 4.43. The van der Waals surface area contributed by atoms with Crippen LogP contribution in [0.25, 0.3) is 0 Å². The van der Waals surface area contributed by atoms with Gasteiger partial charge in [-0.25, -0.2) is 0 Å². The van der Waals surface area contributed by atoms with Gasteiger partial charge in [0, 0.05) is 31.3 Å². The zero-order valence-electron chi connectivity index (χ0n) is 10.9. The van der Waals surface area contributed by atoms with Gasteiger partial charge in [0.2, 0.25) is 0 Å². The minimum Gasteiger partial charge on any atom is -0.388 e. The highest BCUT2D eigenvalue weighted by Crippen LogP contribution is 2.22. The zero-order valence-corrected chi connectivity index (χ0v) is 10.9. The average molecular weight is 245 g/mol. The molecule has 0 saturated carbocycles. The van der Waals surface area contributed by atoms with Crippen LogP contribution < -0.4 is 0 Å². The number of nitrogens with zero attached hydrogens (tertiary/aromatic N) is 3. The number of aliphatic hydroxyl groups is 1. The van der Waals surface area contributed by atoms with Gasteiger partial charge in [0.1, 0.15) is 0 Å². The Kier molecular flexibility index (Phi) is 4.10. The molecule has 0 aliphatic heterocycles. The van der Waals surface area contributed by atoms with Crippen molar-refractivity contribution in [1.29, 1.82) is 0 Å². The van der Waals surface area contributed by atoms with Gasteiger partial charge in [-0.3, -0.25) is 9.67 Å². The Hall–Kier alpha value is -1.68. The topological polar surface area (TPSA) is 50.9 Å². The van der Waals surface area contributed by atoms with Crippen molar-refractivity contribution in [1.82, 2.24) is 14.8 Å². The molecule has 0 radical (unpaired) electrons. The second kappa shape index (κ2) is 5.78. The molecular formula is C14H19N3O. The molecule has 0 spiro atoms. The van der Waals surface area contributed by atoms with Crippen molar-refractivity contribution in [2.75, 3.05) is 0 Å². The molecule has 4 heteroatoms. The lowest BCUT2D eigenvalue weighted by molar-refractivity contribution is 0.166. The highest BCUT2D eigenvalue weighted by molar-refractivity contribution is 5.25. The Labute approximate surface area is 107 Å². The second-order valence-corrected chi connectivity index (χ2v) is 4.43. The molecule has 0 amide bonds. The van der Waals surface area contributed by atoms with Crippen molar-refractivity contribution in [3.8, 4) is 0 Å². The maximum Gasteiger partial charge on any atom is 0.0797 e. The van der Waals surface area contributed by atoms with Crippen LogP contribution in [0.3, 0.4) is 0 Å². The van der Waals surface area contributed by atoms with Crippen LogP contribution >= 0.6 is 0 Å². The van der Waals surface area contributed by atoms with Crippen molar-refractivity contribution in [3.05, 3.63) is 47.5 Å². The smallest absolute Gasteiger partial charge is 0.0797 e. The molecule has 2 aromatic rings. The van der Waals surface area contributed by atoms with Gasteiger partial charge in [-0.15, -0.1) is 0 Å². The zero-order chi connectivity index (χ0) is 13.0. The highest BCUT2D eigenvalue weighted by atomic mass is 16.3. The molecule has 0 saturated heterocycles. The molecule has 0 aromatic carbocycles. The quantitative estimate of drug-likeness (QED) is 0.877. The average Bonchev–Trinajstić information content (AvgIpc) is 2.81. The number of aryl methyl sites for hydroxylation is 3. The Bertz CT molecular complexity index is 507. The molecule has 2 heterocycles. The van der Waals surface area contributed by atoms with E-state index < -0.39 is 6.10 Å². The first-order valence-electron chi connectivity index (χ1n) is 6.30. The molecule has 1 N–H and O–H groups in total. The van der Waals surface area contributed by atoms with E-state index in [-0.39, 0.29) is 0 Å². The third kappa shape index (κ3) is 2.76. The van der Waals surface area contributed by atoms with Gasteiger partial charge in [0.25, 0.3) is 0 Å². The normalized spacial score (nSPS) is 12.6. The summed E-state index contributed by atoms with van der Waals surface area (Å²) >= 11 is 0. The summed E-state index contributed by atoms with van der Waals surface area (Å²) in [5.41, 5.74) is 3.26. The van der Waals surface area contributed by atoms with E-state index >= 15 is 0 Å². The van der Waals surface area contributed by atoms with Crippen LogP contribution in [0.5, 0.6) is 0 Å². The van der Waals surface area contributed by atoms with E-state index in [4.69, 9.17) is 0 Å². The van der Waals surface area contributed by atoms with Crippen LogP contribution in [0.2, 0.25) is 0 Å². The van der Waals surface area contributed by atoms with E-state index in [9.17, 15) is 5.11 Å². The SMILES string of the molecule is CCc1cnccc1C(O)CCc1ccnn1C. The highest BCUT2D eigenvalue weighted by Gasteiger charge is 2.12. The van der Waals surface area contributed by atoms with Crippen LogP contribution in [-0.2, 0) is 19.9 Å². The van der Waals surface area contributed by atoms with E-state index in [0.717, 1.165) is 29.7 Å². The summed E-state index contributed by atoms with van der Waals surface area (Å²) in [5, 5.41) is 14.4. The Morgan fingerprint density at radius 1 is 1.33 bits per heavy atom. The summed E-state index contributed by atoms with van der Waals surface area (Å²) in [6.07, 6.45) is 7.35. The first kappa shape index (κ1) is 12.8. The van der Waals surface area contributed by atoms with Gasteiger partial charge in [-0.05, 0) is 42.5 Å². The van der Waals surface area contributed by atoms with Gasteiger partial charge < -0.3 is 5.11 Å². The van der Waals surface area contributed by atoms with Gasteiger partial charge in [-0.1, -0.05) is 6.92 Å². The van der Waals surface area contributed by atoms with E-state index in [1.165, 1.54) is 0 Å². The van der Waals surface area contributed by atoms with E-state index in [2.05, 4.69) is 17.0 Å². The predicted octanol–water partition coefficient (Wildman–Crippen LogP) is 2.04. The van der Waals surface area contributed by atoms with Gasteiger partial charge in [0.05, 0.1) is 6.10 Å². The maximum atomic E-state index is 10.3. The molecule has 96 valence electrons. The van der Waals surface area contributed by atoms with E-state index in [1.54, 1.807) is 12.4 Å². The van der Waals surface area contributed by atoms with Crippen LogP contribution in [0.4, 0.5) is 0 Å². The summed E-state index contributed by atoms with van der Waals surface area (Å²) in [6, 6.07) is 3.90. The molecule has 2 aromatic heterocycles. The first-order valence-corrected chi connectivity index (χ1v) is 6.30. The van der Waals surface area contributed by atoms with Crippen molar-refractivity contribution < 1.29 is 5.11 Å². The first-order chi connectivity index (χ1) is 8.72. The third-order valence-electron chi connectivity index (χ3n) is 3.28. The third-order valence-corrected chi connectivity index (χ3v) is 3.28. The molecule has 0 fully saturated rings. The van der Waals surface area contributed by atoms with E-state index in [0.29, 0.717) is 6.42 Å². The minimum atomic E-state index is -0.433. The lowest BCUT2D eigenvalue weighted by Gasteiger charge is -2.14. The summed E-state index contributed by atoms with van der Waals surface area (Å²) in [6.45, 7) is 2.08. The molecular weight excluding hydrogens is 226 g/mol. The number of hydrogen-bond acceptors (Lipinski definition) is 3. The van der Waals surface area contributed by atoms with Crippen molar-refractivity contribution in [2.45, 2.75) is 32.3 Å². The molecule has 1 atom stereocenters. The number of rotatable bonds is 5. The van der Waals surface area contributed by atoms with Gasteiger partial charge in [-0.2, -0.15) is 5.10 Å². The largest absolute Gasteiger partial charge is 0.388 e. The fourth-order valence-corrected chi connectivity index (χ4v) is 2.15. The van der Waals surface area contributed by atoms with Crippen molar-refractivity contribution in [2.24, 2.45) is 7.05 Å². The Morgan fingerprint density at radius 3 is 2.83 bits per heavy atom. The summed E-state index contributed by atoms with van der Waals surface area (Å²) < 4.78 is 1.85. The van der Waals surface area contributed by atoms with Crippen LogP contribution in [-0.4, -0.2) is 19.9 Å². The van der Waals surface area contributed by atoms with Gasteiger partial charge >= 0.3 is 0 Å². The Morgan fingerprint density at radius 2 is 2.17 bits per heavy atom. The molecule has 18 heavy (non-hydrogen) atoms. The lowest BCUT2D eigenvalue weighted by Crippen LogP contribution is -2.06.